The van der Waals surface area contributed by atoms with Gasteiger partial charge in [0.1, 0.15) is 0 Å². The molecule has 0 aromatic heterocycles. The number of esters is 1. The summed E-state index contributed by atoms with van der Waals surface area (Å²) in [6.07, 6.45) is 26.9. The fourth-order valence-corrected chi connectivity index (χ4v) is 11.5. The molecule has 0 bridgehead atoms. The van der Waals surface area contributed by atoms with Crippen LogP contribution in [0.3, 0.4) is 0 Å². The highest BCUT2D eigenvalue weighted by Crippen LogP contribution is 2.37. The fourth-order valence-electron chi connectivity index (χ4n) is 6.87. The highest BCUT2D eigenvalue weighted by molar-refractivity contribution is 6.99. The first kappa shape index (κ1) is 44.9. The lowest BCUT2D eigenvalue weighted by molar-refractivity contribution is -0.140. The topological polar surface area (TPSA) is 54.0 Å². The molecule has 0 fully saturated rings. The van der Waals surface area contributed by atoms with Crippen LogP contribution in [0.1, 0.15) is 150 Å². The van der Waals surface area contributed by atoms with Crippen molar-refractivity contribution in [3.63, 3.8) is 0 Å². The number of carbonyl (C=O) groups is 1. The van der Waals surface area contributed by atoms with Gasteiger partial charge in [0.2, 0.25) is 0 Å². The summed E-state index contributed by atoms with van der Waals surface area (Å²) in [7, 11) is -1.24. The van der Waals surface area contributed by atoms with Gasteiger partial charge in [0.15, 0.2) is 0 Å². The smallest absolute Gasteiger partial charge is 0.305 e. The van der Waals surface area contributed by atoms with Gasteiger partial charge in [-0.2, -0.15) is 0 Å². The maximum Gasteiger partial charge on any atom is 0.305 e. The summed E-state index contributed by atoms with van der Waals surface area (Å²) in [5.74, 6) is -0.0930. The molecule has 6 heteroatoms. The Labute approximate surface area is 314 Å². The minimum Gasteiger partial charge on any atom is -0.469 e. The number of hydrogen-bond donors (Lipinski definition) is 0. The molecule has 288 valence electrons. The van der Waals surface area contributed by atoms with E-state index < -0.39 is 8.32 Å². The zero-order chi connectivity index (χ0) is 36.9. The number of carbonyl (C=O) groups excluding carboxylic acids is 1. The van der Waals surface area contributed by atoms with Gasteiger partial charge in [-0.1, -0.05) is 171 Å². The predicted octanol–water partition coefficient (Wildman–Crippen LogP) is 11.1. The Hall–Kier alpha value is -2.25. The standard InChI is InChI=1S/C45H74O5Si/c1-6-7-8-9-21-30-37-48-39-41(50-51(45(2,3)4,42-32-25-23-26-33-42)43-34-27-24-28-35-43)40-49-38-31-22-19-17-15-13-11-10-12-14-16-18-20-29-36-44(46)47-5/h10,12,23-28,32-35,41H,6-9,11,13-22,29-31,36-40H2,1-5H3/b12-10-. The van der Waals surface area contributed by atoms with Crippen molar-refractivity contribution in [3.8, 4) is 0 Å². The molecule has 0 radical (unpaired) electrons. The Balaban J connectivity index is 1.80. The molecule has 2 rings (SSSR count). The number of benzene rings is 2. The number of rotatable bonds is 31. The summed E-state index contributed by atoms with van der Waals surface area (Å²) >= 11 is 0. The third-order valence-electron chi connectivity index (χ3n) is 9.82. The second kappa shape index (κ2) is 28.3. The normalized spacial score (nSPS) is 12.8. The third kappa shape index (κ3) is 18.9. The Morgan fingerprint density at radius 1 is 0.627 bits per heavy atom. The van der Waals surface area contributed by atoms with Crippen LogP contribution < -0.4 is 10.4 Å². The average Bonchev–Trinajstić information content (AvgIpc) is 3.14. The third-order valence-corrected chi connectivity index (χ3v) is 14.9. The summed E-state index contributed by atoms with van der Waals surface area (Å²) in [5, 5.41) is 2.50. The molecule has 0 heterocycles. The summed E-state index contributed by atoms with van der Waals surface area (Å²) in [5.41, 5.74) is 0. The molecule has 0 spiro atoms. The van der Waals surface area contributed by atoms with E-state index in [1.807, 2.05) is 0 Å². The van der Waals surface area contributed by atoms with E-state index >= 15 is 0 Å². The monoisotopic (exact) mass is 723 g/mol. The molecule has 0 saturated heterocycles. The summed E-state index contributed by atoms with van der Waals surface area (Å²) in [4.78, 5) is 11.2. The van der Waals surface area contributed by atoms with Crippen LogP contribution in [-0.2, 0) is 23.4 Å². The van der Waals surface area contributed by atoms with Crippen molar-refractivity contribution in [3.05, 3.63) is 72.8 Å². The van der Waals surface area contributed by atoms with Crippen molar-refractivity contribution in [2.45, 2.75) is 161 Å². The van der Waals surface area contributed by atoms with Gasteiger partial charge in [-0.15, -0.1) is 0 Å². The van der Waals surface area contributed by atoms with Gasteiger partial charge in [0, 0.05) is 19.6 Å². The maximum atomic E-state index is 11.2. The molecule has 5 nitrogen and oxygen atoms in total. The fraction of sp³-hybridized carbons (Fsp3) is 0.667. The van der Waals surface area contributed by atoms with Crippen molar-refractivity contribution >= 4 is 24.7 Å². The molecule has 0 aliphatic heterocycles. The molecule has 51 heavy (non-hydrogen) atoms. The van der Waals surface area contributed by atoms with Gasteiger partial charge in [-0.25, -0.2) is 0 Å². The van der Waals surface area contributed by atoms with Crippen molar-refractivity contribution < 1.29 is 23.4 Å². The Morgan fingerprint density at radius 2 is 1.06 bits per heavy atom. The van der Waals surface area contributed by atoms with Gasteiger partial charge in [-0.05, 0) is 60.4 Å². The van der Waals surface area contributed by atoms with Crippen LogP contribution in [0.25, 0.3) is 0 Å². The van der Waals surface area contributed by atoms with Gasteiger partial charge in [0.05, 0.1) is 26.4 Å². The molecule has 2 aromatic carbocycles. The van der Waals surface area contributed by atoms with E-state index in [0.717, 1.165) is 45.3 Å². The van der Waals surface area contributed by atoms with Crippen molar-refractivity contribution in [2.75, 3.05) is 33.5 Å². The Bertz CT molecular complexity index is 1090. The second-order valence-electron chi connectivity index (χ2n) is 15.2. The minimum atomic E-state index is -2.70. The summed E-state index contributed by atoms with van der Waals surface area (Å²) in [6.45, 7) is 11.9. The van der Waals surface area contributed by atoms with Crippen molar-refractivity contribution in [1.29, 1.82) is 0 Å². The number of unbranched alkanes of at least 4 members (excludes halogenated alkanes) is 15. The number of methoxy groups -OCH3 is 1. The number of allylic oxidation sites excluding steroid dienone is 2. The van der Waals surface area contributed by atoms with E-state index in [0.29, 0.717) is 19.6 Å². The highest BCUT2D eigenvalue weighted by Gasteiger charge is 2.51. The largest absolute Gasteiger partial charge is 0.469 e. The molecule has 0 amide bonds. The lowest BCUT2D eigenvalue weighted by Crippen LogP contribution is -2.68. The molecule has 0 aliphatic rings. The second-order valence-corrected chi connectivity index (χ2v) is 19.5. The molecular weight excluding hydrogens is 649 g/mol. The van der Waals surface area contributed by atoms with Crippen molar-refractivity contribution in [1.82, 2.24) is 0 Å². The minimum absolute atomic E-state index is 0.0866. The van der Waals surface area contributed by atoms with Crippen LogP contribution in [0.4, 0.5) is 0 Å². The van der Waals surface area contributed by atoms with Crippen LogP contribution in [0.2, 0.25) is 5.04 Å². The maximum absolute atomic E-state index is 11.2. The predicted molar refractivity (Wildman–Crippen MR) is 219 cm³/mol. The number of hydrogen-bond acceptors (Lipinski definition) is 5. The Morgan fingerprint density at radius 3 is 1.51 bits per heavy atom. The van der Waals surface area contributed by atoms with Crippen LogP contribution in [0.5, 0.6) is 0 Å². The van der Waals surface area contributed by atoms with E-state index in [1.165, 1.54) is 101 Å². The van der Waals surface area contributed by atoms with Gasteiger partial charge < -0.3 is 18.6 Å². The molecule has 1 atom stereocenters. The molecule has 1 unspecified atom stereocenters. The van der Waals surface area contributed by atoms with Gasteiger partial charge >= 0.3 is 5.97 Å². The number of ether oxygens (including phenoxy) is 3. The zero-order valence-electron chi connectivity index (χ0n) is 33.3. The first-order valence-electron chi connectivity index (χ1n) is 20.5. The summed E-state index contributed by atoms with van der Waals surface area (Å²) in [6, 6.07) is 21.8. The first-order valence-corrected chi connectivity index (χ1v) is 22.4. The molecule has 0 N–H and O–H groups in total. The van der Waals surface area contributed by atoms with Crippen molar-refractivity contribution in [2.24, 2.45) is 0 Å². The first-order chi connectivity index (χ1) is 24.8. The van der Waals surface area contributed by atoms with E-state index in [9.17, 15) is 4.79 Å². The van der Waals surface area contributed by atoms with Gasteiger partial charge in [-0.3, -0.25) is 4.79 Å². The highest BCUT2D eigenvalue weighted by atomic mass is 28.4. The molecule has 0 aliphatic carbocycles. The van der Waals surface area contributed by atoms with Crippen LogP contribution in [-0.4, -0.2) is 53.9 Å². The summed E-state index contributed by atoms with van der Waals surface area (Å²) < 4.78 is 24.8. The van der Waals surface area contributed by atoms with E-state index in [-0.39, 0.29) is 17.1 Å². The SMILES string of the molecule is CCCCCCCCOCC(COCCCCCCCC/C=C\CCCCCCC(=O)OC)O[Si](c1ccccc1)(c1ccccc1)C(C)(C)C. The van der Waals surface area contributed by atoms with Gasteiger partial charge in [0.25, 0.3) is 8.32 Å². The lowest BCUT2D eigenvalue weighted by atomic mass is 10.1. The van der Waals surface area contributed by atoms with Crippen LogP contribution in [0, 0.1) is 0 Å². The molecule has 0 saturated carbocycles. The molecular formula is C45H74O5Si. The zero-order valence-corrected chi connectivity index (χ0v) is 34.3. The van der Waals surface area contributed by atoms with Crippen LogP contribution in [0.15, 0.2) is 72.8 Å². The quantitative estimate of drug-likeness (QED) is 0.0336. The van der Waals surface area contributed by atoms with E-state index in [1.54, 1.807) is 0 Å². The van der Waals surface area contributed by atoms with Crippen LogP contribution >= 0.6 is 0 Å². The molecule has 2 aromatic rings. The van der Waals surface area contributed by atoms with E-state index in [4.69, 9.17) is 18.6 Å². The Kier molecular flexibility index (Phi) is 24.9. The average molecular weight is 723 g/mol. The van der Waals surface area contributed by atoms with E-state index in [2.05, 4.69) is 101 Å². The lowest BCUT2D eigenvalue weighted by Gasteiger charge is -2.45.